The average Bonchev–Trinajstić information content (AvgIpc) is 2.92. The van der Waals surface area contributed by atoms with Gasteiger partial charge in [-0.15, -0.1) is 0 Å². The molecule has 1 aliphatic heterocycles. The van der Waals surface area contributed by atoms with Crippen molar-refractivity contribution in [2.24, 2.45) is 11.0 Å². The highest BCUT2D eigenvalue weighted by Crippen LogP contribution is 2.40. The Labute approximate surface area is 219 Å². The third-order valence-corrected chi connectivity index (χ3v) is 6.66. The second kappa shape index (κ2) is 11.5. The van der Waals surface area contributed by atoms with Crippen LogP contribution in [0, 0.1) is 29.7 Å². The van der Waals surface area contributed by atoms with Crippen LogP contribution in [0.2, 0.25) is 0 Å². The summed E-state index contributed by atoms with van der Waals surface area (Å²) in [7, 11) is 1.57. The third kappa shape index (κ3) is 6.02. The molecule has 3 aromatic rings. The number of halogens is 3. The molecule has 0 aliphatic carbocycles. The van der Waals surface area contributed by atoms with Gasteiger partial charge in [0.05, 0.1) is 23.6 Å². The topological polar surface area (TPSA) is 110 Å². The summed E-state index contributed by atoms with van der Waals surface area (Å²) in [5.41, 5.74) is 7.85. The molecule has 1 aliphatic rings. The maximum atomic E-state index is 14.0. The fourth-order valence-corrected chi connectivity index (χ4v) is 4.60. The second-order valence-corrected chi connectivity index (χ2v) is 9.14. The van der Waals surface area contributed by atoms with E-state index in [9.17, 15) is 18.4 Å². The molecule has 0 atom stereocenters. The Hall–Kier alpha value is -4.20. The Bertz CT molecular complexity index is 1350. The number of rotatable bonds is 8. The molecule has 0 radical (unpaired) electrons. The molecule has 2 aromatic heterocycles. The van der Waals surface area contributed by atoms with Gasteiger partial charge in [-0.1, -0.05) is 6.07 Å². The van der Waals surface area contributed by atoms with Gasteiger partial charge in [0, 0.05) is 31.4 Å². The van der Waals surface area contributed by atoms with Crippen LogP contribution in [0.15, 0.2) is 47.6 Å². The van der Waals surface area contributed by atoms with Gasteiger partial charge in [0.2, 0.25) is 0 Å². The van der Waals surface area contributed by atoms with Crippen molar-refractivity contribution in [3.63, 3.8) is 0 Å². The predicted molar refractivity (Wildman–Crippen MR) is 138 cm³/mol. The number of benzene rings is 1. The summed E-state index contributed by atoms with van der Waals surface area (Å²) in [6.45, 7) is 3.83. The summed E-state index contributed by atoms with van der Waals surface area (Å²) in [6, 6.07) is 13.0. The summed E-state index contributed by atoms with van der Waals surface area (Å²) in [4.78, 5) is 10.9. The van der Waals surface area contributed by atoms with E-state index in [0.29, 0.717) is 18.0 Å². The first-order valence-electron chi connectivity index (χ1n) is 12.3. The van der Waals surface area contributed by atoms with E-state index in [0.717, 1.165) is 43.5 Å². The van der Waals surface area contributed by atoms with Crippen molar-refractivity contribution in [3.8, 4) is 23.1 Å². The van der Waals surface area contributed by atoms with Gasteiger partial charge in [0.15, 0.2) is 5.69 Å². The van der Waals surface area contributed by atoms with E-state index in [1.54, 1.807) is 7.05 Å². The Balaban J connectivity index is 1.45. The third-order valence-electron chi connectivity index (χ3n) is 6.66. The van der Waals surface area contributed by atoms with Gasteiger partial charge in [-0.2, -0.15) is 23.5 Å². The smallest absolute Gasteiger partial charge is 0.419 e. The largest absolute Gasteiger partial charge is 0.493 e. The zero-order valence-electron chi connectivity index (χ0n) is 21.1. The molecule has 3 heterocycles. The minimum absolute atomic E-state index is 0.0238. The van der Waals surface area contributed by atoms with Crippen LogP contribution >= 0.6 is 0 Å². The van der Waals surface area contributed by atoms with Crippen molar-refractivity contribution in [3.05, 3.63) is 59.4 Å². The second-order valence-electron chi connectivity index (χ2n) is 9.14. The average molecular weight is 524 g/mol. The number of nitriles is 1. The molecule has 8 nitrogen and oxygen atoms in total. The number of pyridine rings is 2. The number of hydrogen-bond donors (Lipinski definition) is 2. The molecule has 1 fully saturated rings. The molecule has 0 spiro atoms. The molecule has 2 N–H and O–H groups in total. The molecule has 0 bridgehead atoms. The van der Waals surface area contributed by atoms with Crippen LogP contribution in [0.5, 0.6) is 5.75 Å². The molecule has 0 unspecified atom stereocenters. The first-order valence-corrected chi connectivity index (χ1v) is 12.3. The lowest BCUT2D eigenvalue weighted by Crippen LogP contribution is -2.34. The zero-order chi connectivity index (χ0) is 27.3. The van der Waals surface area contributed by atoms with Gasteiger partial charge in [-0.05, 0) is 68.5 Å². The summed E-state index contributed by atoms with van der Waals surface area (Å²) in [6.07, 6.45) is -2.14. The number of nitrogens with zero attached hydrogens (tertiary/aromatic N) is 5. The number of alkyl halides is 3. The minimum atomic E-state index is -4.64. The Morgan fingerprint density at radius 1 is 1.18 bits per heavy atom. The fourth-order valence-electron chi connectivity index (χ4n) is 4.60. The maximum Gasteiger partial charge on any atom is 0.419 e. The van der Waals surface area contributed by atoms with Crippen LogP contribution < -0.4 is 15.0 Å². The van der Waals surface area contributed by atoms with E-state index in [1.165, 1.54) is 18.2 Å². The number of aromatic nitrogens is 2. The summed E-state index contributed by atoms with van der Waals surface area (Å²) in [5, 5.41) is 15.5. The summed E-state index contributed by atoms with van der Waals surface area (Å²) < 4.78 is 47.5. The lowest BCUT2D eigenvalue weighted by molar-refractivity contribution is -0.138. The Morgan fingerprint density at radius 3 is 2.58 bits per heavy atom. The molecule has 1 aromatic carbocycles. The van der Waals surface area contributed by atoms with E-state index < -0.39 is 11.7 Å². The van der Waals surface area contributed by atoms with E-state index in [-0.39, 0.29) is 35.0 Å². The van der Waals surface area contributed by atoms with Crippen molar-refractivity contribution in [1.29, 1.82) is 10.8 Å². The Morgan fingerprint density at radius 2 is 1.95 bits per heavy atom. The number of piperidine rings is 1. The summed E-state index contributed by atoms with van der Waals surface area (Å²) in [5.74, 6) is 1.07. The van der Waals surface area contributed by atoms with Gasteiger partial charge < -0.3 is 15.0 Å². The minimum Gasteiger partial charge on any atom is -0.493 e. The van der Waals surface area contributed by atoms with E-state index >= 15 is 0 Å². The Kier molecular flexibility index (Phi) is 8.10. The summed E-state index contributed by atoms with van der Waals surface area (Å²) >= 11 is 0. The van der Waals surface area contributed by atoms with E-state index in [4.69, 9.17) is 10.3 Å². The van der Waals surface area contributed by atoms with Gasteiger partial charge in [-0.25, -0.2) is 15.5 Å². The predicted octanol–water partition coefficient (Wildman–Crippen LogP) is 6.73. The van der Waals surface area contributed by atoms with Crippen LogP contribution in [0.3, 0.4) is 0 Å². The lowest BCUT2D eigenvalue weighted by Gasteiger charge is -2.33. The number of aryl methyl sites for hydroxylation is 1. The number of anilines is 2. The van der Waals surface area contributed by atoms with Crippen molar-refractivity contribution in [1.82, 2.24) is 9.97 Å². The molecule has 0 saturated carbocycles. The molecule has 11 heteroatoms. The SMILES string of the molecule is CNc1cc(-c2ccc(OCCC3CCN(c4cccc(C)n4)CC3)c(C(F)(F)F)c2)nc(C#N)c1N=N. The number of nitrogens with one attached hydrogen (secondary N) is 2. The monoisotopic (exact) mass is 523 g/mol. The number of ether oxygens (including phenoxy) is 1. The first kappa shape index (κ1) is 26.9. The maximum absolute atomic E-state index is 14.0. The highest BCUT2D eigenvalue weighted by atomic mass is 19.4. The molecule has 0 amide bonds. The van der Waals surface area contributed by atoms with E-state index in [1.807, 2.05) is 31.2 Å². The van der Waals surface area contributed by atoms with Gasteiger partial charge in [0.1, 0.15) is 23.3 Å². The molecular formula is C27H28F3N7O. The van der Waals surface area contributed by atoms with Crippen molar-refractivity contribution in [2.45, 2.75) is 32.4 Å². The van der Waals surface area contributed by atoms with Gasteiger partial charge >= 0.3 is 6.18 Å². The first-order chi connectivity index (χ1) is 18.2. The van der Waals surface area contributed by atoms with Crippen molar-refractivity contribution >= 4 is 17.2 Å². The van der Waals surface area contributed by atoms with Crippen LogP contribution in [0.4, 0.5) is 30.4 Å². The molecular weight excluding hydrogens is 495 g/mol. The highest BCUT2D eigenvalue weighted by molar-refractivity contribution is 5.77. The lowest BCUT2D eigenvalue weighted by atomic mass is 9.94. The van der Waals surface area contributed by atoms with Crippen molar-refractivity contribution < 1.29 is 17.9 Å². The quantitative estimate of drug-likeness (QED) is 0.317. The molecule has 198 valence electrons. The molecule has 4 rings (SSSR count). The highest BCUT2D eigenvalue weighted by Gasteiger charge is 2.35. The normalized spacial score (nSPS) is 14.2. The molecule has 1 saturated heterocycles. The fraction of sp³-hybridized carbons (Fsp3) is 0.370. The van der Waals surface area contributed by atoms with Crippen molar-refractivity contribution in [2.75, 3.05) is 37.0 Å². The number of hydrogen-bond acceptors (Lipinski definition) is 8. The van der Waals surface area contributed by atoms with E-state index in [2.05, 4.69) is 25.3 Å². The van der Waals surface area contributed by atoms with Crippen LogP contribution in [0.1, 0.15) is 36.2 Å². The van der Waals surface area contributed by atoms with Crippen LogP contribution in [-0.4, -0.2) is 36.7 Å². The molecule has 38 heavy (non-hydrogen) atoms. The zero-order valence-corrected chi connectivity index (χ0v) is 21.1. The van der Waals surface area contributed by atoms with Gasteiger partial charge in [0.25, 0.3) is 0 Å². The van der Waals surface area contributed by atoms with Gasteiger partial charge in [-0.3, -0.25) is 0 Å². The van der Waals surface area contributed by atoms with Crippen LogP contribution in [0.25, 0.3) is 11.3 Å². The van der Waals surface area contributed by atoms with Crippen LogP contribution in [-0.2, 0) is 6.18 Å². The standard InChI is InChI=1S/C27H28F3N7O/c1-17-4-3-5-25(34-17)37-11-8-18(9-12-37)10-13-38-24-7-6-19(14-20(24)27(28,29)30)21-15-22(33-2)26(36-32)23(16-31)35-21/h3-7,14-15,18,32H,8-13H2,1-2H3,(H,33,35).